The van der Waals surface area contributed by atoms with Crippen molar-refractivity contribution in [3.05, 3.63) is 138 Å². The van der Waals surface area contributed by atoms with E-state index in [4.69, 9.17) is 24.2 Å². The number of benzene rings is 4. The molecule has 1 amide bonds. The fraction of sp³-hybridized carbons (Fsp3) is 0.464. The lowest BCUT2D eigenvalue weighted by Crippen LogP contribution is -2.70. The van der Waals surface area contributed by atoms with Crippen LogP contribution in [0.25, 0.3) is 11.1 Å². The number of carbonyl (C=O) groups excluding carboxylic acids is 1. The average molecular weight is 899 g/mol. The zero-order valence-electron chi connectivity index (χ0n) is 38.5. The van der Waals surface area contributed by atoms with Crippen LogP contribution in [-0.4, -0.2) is 65.0 Å². The molecule has 2 fully saturated rings. The predicted molar refractivity (Wildman–Crippen MR) is 257 cm³/mol. The summed E-state index contributed by atoms with van der Waals surface area (Å²) in [4.78, 5) is 23.0. The molecule has 1 aliphatic heterocycles. The van der Waals surface area contributed by atoms with Crippen LogP contribution in [0.1, 0.15) is 107 Å². The fourth-order valence-electron chi connectivity index (χ4n) is 11.3. The number of ether oxygens (including phenoxy) is 3. The molecule has 3 aliphatic carbocycles. The lowest BCUT2D eigenvalue weighted by Gasteiger charge is -2.60. The van der Waals surface area contributed by atoms with Gasteiger partial charge in [-0.05, 0) is 122 Å². The van der Waals surface area contributed by atoms with Gasteiger partial charge in [-0.1, -0.05) is 110 Å². The highest BCUT2D eigenvalue weighted by Gasteiger charge is 2.65. The maximum Gasteiger partial charge on any atom is 0.239 e. The molecule has 66 heavy (non-hydrogen) atoms. The smallest absolute Gasteiger partial charge is 0.239 e. The van der Waals surface area contributed by atoms with Gasteiger partial charge in [-0.2, -0.15) is 0 Å². The van der Waals surface area contributed by atoms with Gasteiger partial charge in [-0.15, -0.1) is 6.58 Å². The van der Waals surface area contributed by atoms with E-state index in [0.717, 1.165) is 78.5 Å². The Morgan fingerprint density at radius 2 is 1.61 bits per heavy atom. The summed E-state index contributed by atoms with van der Waals surface area (Å²) in [5, 5.41) is 24.9. The van der Waals surface area contributed by atoms with Crippen LogP contribution in [0.2, 0.25) is 0 Å². The molecule has 8 rings (SSSR count). The second kappa shape index (κ2) is 22.5. The van der Waals surface area contributed by atoms with E-state index >= 15 is 4.79 Å². The molecule has 6 atom stereocenters. The number of hydrogen-bond donors (Lipinski definition) is 2. The van der Waals surface area contributed by atoms with Crippen molar-refractivity contribution in [1.82, 2.24) is 4.90 Å². The van der Waals surface area contributed by atoms with Crippen LogP contribution in [0.5, 0.6) is 17.2 Å². The zero-order chi connectivity index (χ0) is 45.9. The molecule has 350 valence electrons. The van der Waals surface area contributed by atoms with Gasteiger partial charge in [0.05, 0.1) is 18.2 Å². The van der Waals surface area contributed by atoms with Crippen molar-refractivity contribution < 1.29 is 38.4 Å². The third-order valence-corrected chi connectivity index (χ3v) is 14.3. The van der Waals surface area contributed by atoms with Crippen molar-refractivity contribution in [3.63, 3.8) is 0 Å². The van der Waals surface area contributed by atoms with Gasteiger partial charge in [0.1, 0.15) is 35.7 Å². The van der Waals surface area contributed by atoms with Crippen LogP contribution in [0, 0.1) is 29.5 Å². The Kier molecular flexibility index (Phi) is 16.1. The molecule has 4 aliphatic rings. The van der Waals surface area contributed by atoms with Crippen molar-refractivity contribution >= 4 is 11.6 Å². The van der Waals surface area contributed by atoms with Crippen LogP contribution < -0.4 is 9.47 Å². The summed E-state index contributed by atoms with van der Waals surface area (Å²) in [5.41, 5.74) is 5.74. The third kappa shape index (κ3) is 10.6. The molecule has 0 aromatic heterocycles. The number of allylic oxidation sites excluding steroid dienone is 1. The molecule has 1 heterocycles. The molecule has 4 aromatic carbocycles. The second-order valence-electron chi connectivity index (χ2n) is 18.5. The SMILES string of the molecule is C=CCOC12Oc3ccc(Oc4ccc(-c5ccccc5)cc4)cc3C3C(CCCCO)C(CCCCO)C=C(C(=NOCC)CC1N(Cc1ccc(F)cc1)C(=O)CCC1CCCC1)C32. The number of amides is 1. The molecule has 4 aromatic rings. The van der Waals surface area contributed by atoms with E-state index in [9.17, 15) is 14.6 Å². The molecule has 0 saturated heterocycles. The first-order chi connectivity index (χ1) is 32.3. The largest absolute Gasteiger partial charge is 0.459 e. The molecule has 0 radical (unpaired) electrons. The summed E-state index contributed by atoms with van der Waals surface area (Å²) < 4.78 is 35.7. The number of unbranched alkanes of at least 4 members (excludes halogenated alkanes) is 2. The topological polar surface area (TPSA) is 110 Å². The molecule has 0 spiro atoms. The van der Waals surface area contributed by atoms with E-state index < -0.39 is 17.7 Å². The first kappa shape index (κ1) is 47.2. The van der Waals surface area contributed by atoms with Crippen LogP contribution in [-0.2, 0) is 20.9 Å². The van der Waals surface area contributed by atoms with E-state index in [0.29, 0.717) is 55.5 Å². The molecule has 6 unspecified atom stereocenters. The van der Waals surface area contributed by atoms with Gasteiger partial charge in [-0.25, -0.2) is 4.39 Å². The highest BCUT2D eigenvalue weighted by molar-refractivity contribution is 6.03. The van der Waals surface area contributed by atoms with E-state index in [1.165, 1.54) is 25.0 Å². The van der Waals surface area contributed by atoms with Crippen LogP contribution in [0.3, 0.4) is 0 Å². The van der Waals surface area contributed by atoms with Crippen LogP contribution >= 0.6 is 0 Å². The van der Waals surface area contributed by atoms with Crippen molar-refractivity contribution in [2.24, 2.45) is 28.8 Å². The third-order valence-electron chi connectivity index (χ3n) is 14.3. The second-order valence-corrected chi connectivity index (χ2v) is 18.5. The van der Waals surface area contributed by atoms with Crippen LogP contribution in [0.4, 0.5) is 4.39 Å². The van der Waals surface area contributed by atoms with E-state index in [1.54, 1.807) is 18.2 Å². The molecule has 9 nitrogen and oxygen atoms in total. The number of fused-ring (bicyclic) bond motifs is 2. The number of oxime groups is 1. The van der Waals surface area contributed by atoms with Crippen molar-refractivity contribution in [2.75, 3.05) is 26.4 Å². The van der Waals surface area contributed by atoms with E-state index in [2.05, 4.69) is 43.0 Å². The molecule has 10 heteroatoms. The Labute approximate surface area is 390 Å². The summed E-state index contributed by atoms with van der Waals surface area (Å²) in [6.07, 6.45) is 14.9. The molecular weight excluding hydrogens is 832 g/mol. The number of nitrogens with zero attached hydrogens (tertiary/aromatic N) is 2. The van der Waals surface area contributed by atoms with Gasteiger partial charge < -0.3 is 34.2 Å². The minimum atomic E-state index is -1.40. The van der Waals surface area contributed by atoms with Crippen molar-refractivity contribution in [2.45, 2.75) is 115 Å². The molecule has 0 bridgehead atoms. The predicted octanol–water partition coefficient (Wildman–Crippen LogP) is 11.9. The lowest BCUT2D eigenvalue weighted by atomic mass is 9.55. The van der Waals surface area contributed by atoms with E-state index in [1.807, 2.05) is 54.3 Å². The number of rotatable bonds is 22. The molecule has 2 N–H and O–H groups in total. The monoisotopic (exact) mass is 898 g/mol. The van der Waals surface area contributed by atoms with Gasteiger partial charge in [0.25, 0.3) is 0 Å². The summed E-state index contributed by atoms with van der Waals surface area (Å²) in [6.45, 7) is 6.96. The van der Waals surface area contributed by atoms with Crippen molar-refractivity contribution in [3.8, 4) is 28.4 Å². The standard InChI is InChI=1S/C56H67FN2O7/c1-3-34-63-56-52(59(38-40-20-25-44(57)26-21-40)53(62)31-22-39-14-8-9-15-39)37-50(58-64-4-2)48-35-43(18-10-12-32-60)47(19-11-13-33-61)54(55(48)56)49-36-46(29-30-51(49)66-56)65-45-27-23-42(24-28-45)41-16-6-5-7-17-41/h3,5-7,16-17,20-21,23-30,35-36,39,43,47,52,54-55,60-61H,1,4,8-15,18-19,22,31-34,37-38H2,2H3. The highest BCUT2D eigenvalue weighted by atomic mass is 19.1. The average Bonchev–Trinajstić information content (AvgIpc) is 3.87. The van der Waals surface area contributed by atoms with Gasteiger partial charge in [0.2, 0.25) is 11.7 Å². The normalized spacial score (nSPS) is 23.9. The minimum absolute atomic E-state index is 0.00819. The quantitative estimate of drug-likeness (QED) is 0.0459. The Balaban J connectivity index is 1.28. The number of aliphatic hydroxyl groups is 2. The first-order valence-corrected chi connectivity index (χ1v) is 24.4. The molecular formula is C56H67FN2O7. The van der Waals surface area contributed by atoms with Gasteiger partial charge in [-0.3, -0.25) is 4.79 Å². The van der Waals surface area contributed by atoms with Crippen molar-refractivity contribution in [1.29, 1.82) is 0 Å². The molecule has 2 saturated carbocycles. The Morgan fingerprint density at radius 3 is 2.32 bits per heavy atom. The summed E-state index contributed by atoms with van der Waals surface area (Å²) in [6, 6.07) is 30.1. The highest BCUT2D eigenvalue weighted by Crippen LogP contribution is 2.62. The maximum absolute atomic E-state index is 15.1. The summed E-state index contributed by atoms with van der Waals surface area (Å²) >= 11 is 0. The number of hydrogen-bond acceptors (Lipinski definition) is 8. The maximum atomic E-state index is 15.1. The van der Waals surface area contributed by atoms with Gasteiger partial charge in [0.15, 0.2) is 0 Å². The fourth-order valence-corrected chi connectivity index (χ4v) is 11.3. The Morgan fingerprint density at radius 1 is 0.894 bits per heavy atom. The first-order valence-electron chi connectivity index (χ1n) is 24.4. The summed E-state index contributed by atoms with van der Waals surface area (Å²) in [5.74, 6) is 0.303. The summed E-state index contributed by atoms with van der Waals surface area (Å²) in [7, 11) is 0. The van der Waals surface area contributed by atoms with E-state index in [-0.39, 0.29) is 55.8 Å². The minimum Gasteiger partial charge on any atom is -0.459 e. The zero-order valence-corrected chi connectivity index (χ0v) is 38.5. The van der Waals surface area contributed by atoms with Gasteiger partial charge >= 0.3 is 0 Å². The van der Waals surface area contributed by atoms with Gasteiger partial charge in [0, 0.05) is 44.1 Å². The Bertz CT molecular complexity index is 2280. The Hall–Kier alpha value is -5.29. The number of halogens is 1. The number of aliphatic hydroxyl groups excluding tert-OH is 2. The van der Waals surface area contributed by atoms with Crippen LogP contribution in [0.15, 0.2) is 127 Å². The lowest BCUT2D eigenvalue weighted by molar-refractivity contribution is -0.258. The number of carbonyl (C=O) groups is 1.